The number of halogens is 3. The van der Waals surface area contributed by atoms with Gasteiger partial charge in [-0.3, -0.25) is 0 Å². The zero-order valence-electron chi connectivity index (χ0n) is 12.7. The lowest BCUT2D eigenvalue weighted by Gasteiger charge is -2.37. The van der Waals surface area contributed by atoms with E-state index in [2.05, 4.69) is 9.97 Å². The second kappa shape index (κ2) is 6.35. The Balaban J connectivity index is 1.81. The third-order valence-electron chi connectivity index (χ3n) is 3.97. The molecule has 0 aliphatic carbocycles. The molecule has 1 aliphatic rings. The predicted molar refractivity (Wildman–Crippen MR) is 82.6 cm³/mol. The predicted octanol–water partition coefficient (Wildman–Crippen LogP) is 2.69. The van der Waals surface area contributed by atoms with Gasteiger partial charge >= 0.3 is 6.18 Å². The highest BCUT2D eigenvalue weighted by Crippen LogP contribution is 2.36. The number of nitrogens with zero attached hydrogens (tertiary/aromatic N) is 5. The highest BCUT2D eigenvalue weighted by molar-refractivity contribution is 5.64. The van der Waals surface area contributed by atoms with E-state index in [9.17, 15) is 18.4 Å². The summed E-state index contributed by atoms with van der Waals surface area (Å²) in [6, 6.07) is 7.36. The van der Waals surface area contributed by atoms with E-state index in [4.69, 9.17) is 0 Å². The molecule has 24 heavy (non-hydrogen) atoms. The van der Waals surface area contributed by atoms with E-state index in [1.807, 2.05) is 9.80 Å². The van der Waals surface area contributed by atoms with Crippen LogP contribution in [0.5, 0.6) is 0 Å². The number of anilines is 2. The molecular weight excluding hydrogens is 319 g/mol. The molecule has 3 rings (SSSR count). The van der Waals surface area contributed by atoms with Crippen LogP contribution in [0.25, 0.3) is 0 Å². The Labute approximate surface area is 137 Å². The molecule has 2 aromatic rings. The molecule has 0 atom stereocenters. The Morgan fingerprint density at radius 2 is 1.75 bits per heavy atom. The first-order valence-electron chi connectivity index (χ1n) is 7.37. The third-order valence-corrected chi connectivity index (χ3v) is 3.97. The van der Waals surface area contributed by atoms with Gasteiger partial charge in [-0.15, -0.1) is 0 Å². The van der Waals surface area contributed by atoms with Crippen LogP contribution in [-0.2, 0) is 6.18 Å². The molecule has 1 fully saturated rings. The van der Waals surface area contributed by atoms with E-state index in [0.717, 1.165) is 11.9 Å². The van der Waals surface area contributed by atoms with Crippen molar-refractivity contribution in [2.45, 2.75) is 6.18 Å². The van der Waals surface area contributed by atoms with Gasteiger partial charge in [0.2, 0.25) is 0 Å². The first-order valence-corrected chi connectivity index (χ1v) is 7.37. The van der Waals surface area contributed by atoms with Gasteiger partial charge in [-0.05, 0) is 18.2 Å². The molecule has 124 valence electrons. The van der Waals surface area contributed by atoms with Gasteiger partial charge in [-0.2, -0.15) is 18.4 Å². The van der Waals surface area contributed by atoms with Crippen LogP contribution >= 0.6 is 0 Å². The van der Waals surface area contributed by atoms with Crippen LogP contribution in [0.15, 0.2) is 36.8 Å². The second-order valence-corrected chi connectivity index (χ2v) is 5.35. The molecule has 0 spiro atoms. The minimum atomic E-state index is -4.54. The lowest BCUT2D eigenvalue weighted by Crippen LogP contribution is -2.47. The number of benzene rings is 1. The molecule has 1 aromatic carbocycles. The number of hydrogen-bond donors (Lipinski definition) is 0. The Morgan fingerprint density at radius 3 is 2.33 bits per heavy atom. The topological polar surface area (TPSA) is 56.1 Å². The molecule has 0 unspecified atom stereocenters. The monoisotopic (exact) mass is 333 g/mol. The summed E-state index contributed by atoms with van der Waals surface area (Å²) < 4.78 is 39.2. The average molecular weight is 333 g/mol. The Morgan fingerprint density at radius 1 is 1.04 bits per heavy atom. The highest BCUT2D eigenvalue weighted by Gasteiger charge is 2.35. The summed E-state index contributed by atoms with van der Waals surface area (Å²) in [7, 11) is 0. The maximum atomic E-state index is 13.1. The standard InChI is InChI=1S/C16H14F3N5/c17-16(18,19)13-2-1-3-14(12(13)10-20)23-6-8-24(9-7-23)15-4-5-21-11-22-15/h1-5,11H,6-9H2. The first-order chi connectivity index (χ1) is 11.5. The summed E-state index contributed by atoms with van der Waals surface area (Å²) in [4.78, 5) is 11.9. The molecular formula is C16H14F3N5. The molecule has 0 radical (unpaired) electrons. The fraction of sp³-hybridized carbons (Fsp3) is 0.312. The van der Waals surface area contributed by atoms with E-state index in [1.165, 1.54) is 12.4 Å². The number of rotatable bonds is 2. The molecule has 0 saturated carbocycles. The SMILES string of the molecule is N#Cc1c(N2CCN(c3ccncn3)CC2)cccc1C(F)(F)F. The van der Waals surface area contributed by atoms with Crippen molar-refractivity contribution in [3.8, 4) is 6.07 Å². The van der Waals surface area contributed by atoms with Crippen LogP contribution in [-0.4, -0.2) is 36.1 Å². The van der Waals surface area contributed by atoms with Crippen LogP contribution in [0.2, 0.25) is 0 Å². The number of aromatic nitrogens is 2. The maximum absolute atomic E-state index is 13.1. The summed E-state index contributed by atoms with van der Waals surface area (Å²) in [5.41, 5.74) is -0.879. The van der Waals surface area contributed by atoms with Crippen molar-refractivity contribution in [1.82, 2.24) is 9.97 Å². The smallest absolute Gasteiger partial charge is 0.367 e. The van der Waals surface area contributed by atoms with Crippen LogP contribution < -0.4 is 9.80 Å². The summed E-state index contributed by atoms with van der Waals surface area (Å²) in [5, 5.41) is 9.22. The number of nitriles is 1. The molecule has 8 heteroatoms. The molecule has 0 amide bonds. The van der Waals surface area contributed by atoms with E-state index in [1.54, 1.807) is 24.4 Å². The van der Waals surface area contributed by atoms with Crippen LogP contribution in [0.4, 0.5) is 24.7 Å². The molecule has 0 bridgehead atoms. The minimum Gasteiger partial charge on any atom is -0.367 e. The van der Waals surface area contributed by atoms with Crippen molar-refractivity contribution in [1.29, 1.82) is 5.26 Å². The van der Waals surface area contributed by atoms with E-state index < -0.39 is 11.7 Å². The molecule has 2 heterocycles. The van der Waals surface area contributed by atoms with Crippen molar-refractivity contribution >= 4 is 11.5 Å². The normalized spacial score (nSPS) is 15.2. The Hall–Kier alpha value is -2.82. The van der Waals surface area contributed by atoms with Gasteiger partial charge in [0, 0.05) is 32.4 Å². The van der Waals surface area contributed by atoms with Crippen molar-refractivity contribution < 1.29 is 13.2 Å². The molecule has 1 aliphatic heterocycles. The summed E-state index contributed by atoms with van der Waals surface area (Å²) in [5.74, 6) is 0.786. The van der Waals surface area contributed by atoms with Gasteiger partial charge in [0.25, 0.3) is 0 Å². The van der Waals surface area contributed by atoms with E-state index >= 15 is 0 Å². The maximum Gasteiger partial charge on any atom is 0.417 e. The van der Waals surface area contributed by atoms with Gasteiger partial charge in [0.05, 0.1) is 16.8 Å². The lowest BCUT2D eigenvalue weighted by atomic mass is 10.0. The second-order valence-electron chi connectivity index (χ2n) is 5.35. The molecule has 1 saturated heterocycles. The van der Waals surface area contributed by atoms with Crippen LogP contribution in [0.3, 0.4) is 0 Å². The van der Waals surface area contributed by atoms with Gasteiger partial charge in [0.1, 0.15) is 18.2 Å². The Kier molecular flexibility index (Phi) is 4.25. The first kappa shape index (κ1) is 16.1. The van der Waals surface area contributed by atoms with Crippen molar-refractivity contribution in [3.63, 3.8) is 0 Å². The summed E-state index contributed by atoms with van der Waals surface area (Å²) in [6.45, 7) is 2.25. The van der Waals surface area contributed by atoms with Gasteiger partial charge in [-0.1, -0.05) is 6.07 Å². The number of piperazine rings is 1. The zero-order valence-corrected chi connectivity index (χ0v) is 12.7. The van der Waals surface area contributed by atoms with Crippen molar-refractivity contribution in [2.75, 3.05) is 36.0 Å². The summed E-state index contributed by atoms with van der Waals surface area (Å²) in [6.07, 6.45) is -1.43. The van der Waals surface area contributed by atoms with Gasteiger partial charge in [-0.25, -0.2) is 9.97 Å². The van der Waals surface area contributed by atoms with Crippen molar-refractivity contribution in [2.24, 2.45) is 0 Å². The summed E-state index contributed by atoms with van der Waals surface area (Å²) >= 11 is 0. The van der Waals surface area contributed by atoms with Crippen molar-refractivity contribution in [3.05, 3.63) is 47.9 Å². The molecule has 0 N–H and O–H groups in total. The average Bonchev–Trinajstić information content (AvgIpc) is 2.61. The minimum absolute atomic E-state index is 0.319. The Bertz CT molecular complexity index is 747. The number of alkyl halides is 3. The van der Waals surface area contributed by atoms with Gasteiger partial charge in [0.15, 0.2) is 0 Å². The largest absolute Gasteiger partial charge is 0.417 e. The lowest BCUT2D eigenvalue weighted by molar-refractivity contribution is -0.137. The van der Waals surface area contributed by atoms with Crippen LogP contribution in [0, 0.1) is 11.3 Å². The number of hydrogen-bond acceptors (Lipinski definition) is 5. The van der Waals surface area contributed by atoms with Gasteiger partial charge < -0.3 is 9.80 Å². The molecule has 5 nitrogen and oxygen atoms in total. The van der Waals surface area contributed by atoms with E-state index in [0.29, 0.717) is 31.9 Å². The zero-order chi connectivity index (χ0) is 17.2. The van der Waals surface area contributed by atoms with Crippen LogP contribution in [0.1, 0.15) is 11.1 Å². The third kappa shape index (κ3) is 3.11. The highest BCUT2D eigenvalue weighted by atomic mass is 19.4. The molecule has 1 aromatic heterocycles. The fourth-order valence-corrected chi connectivity index (χ4v) is 2.80. The quantitative estimate of drug-likeness (QED) is 0.846. The fourth-order valence-electron chi connectivity index (χ4n) is 2.80. The van der Waals surface area contributed by atoms with E-state index in [-0.39, 0.29) is 5.56 Å².